The second-order valence-electron chi connectivity index (χ2n) is 5.15. The lowest BCUT2D eigenvalue weighted by molar-refractivity contribution is 0.535. The van der Waals surface area contributed by atoms with Crippen LogP contribution < -0.4 is 11.1 Å². The molecule has 124 valence electrons. The summed E-state index contributed by atoms with van der Waals surface area (Å²) in [6.07, 6.45) is 0.500. The van der Waals surface area contributed by atoms with Crippen LogP contribution in [0.5, 0.6) is 0 Å². The summed E-state index contributed by atoms with van der Waals surface area (Å²) in [5, 5.41) is 5.81. The van der Waals surface area contributed by atoms with Gasteiger partial charge in [-0.05, 0) is 34.3 Å². The zero-order valence-corrected chi connectivity index (χ0v) is 16.1. The van der Waals surface area contributed by atoms with Gasteiger partial charge in [0.05, 0.1) is 16.2 Å². The number of nitrogens with two attached hydrogens (primary N) is 1. The van der Waals surface area contributed by atoms with Gasteiger partial charge in [-0.1, -0.05) is 23.6 Å². The van der Waals surface area contributed by atoms with Gasteiger partial charge in [-0.25, -0.2) is 4.98 Å². The number of hydrogen-bond acceptors (Lipinski definition) is 5. The molecule has 7 heteroatoms. The fraction of sp³-hybridized carbons (Fsp3) is 0.235. The number of fused-ring (bicyclic) bond motifs is 1. The van der Waals surface area contributed by atoms with Crippen molar-refractivity contribution in [1.82, 2.24) is 4.98 Å². The van der Waals surface area contributed by atoms with E-state index in [-0.39, 0.29) is 6.04 Å². The highest BCUT2D eigenvalue weighted by Gasteiger charge is 2.19. The molecule has 3 rings (SSSR count). The molecule has 0 fully saturated rings. The monoisotopic (exact) mass is 423 g/mol. The Bertz CT molecular complexity index is 911. The van der Waals surface area contributed by atoms with E-state index in [1.807, 2.05) is 11.4 Å². The molecular formula is C17H15BrClN3OS. The number of nitrogens with one attached hydrogen (secondary N) is 1. The second kappa shape index (κ2) is 7.58. The van der Waals surface area contributed by atoms with Crippen LogP contribution in [0.1, 0.15) is 17.6 Å². The van der Waals surface area contributed by atoms with Gasteiger partial charge in [-0.3, -0.25) is 0 Å². The number of halogens is 2. The highest BCUT2D eigenvalue weighted by molar-refractivity contribution is 9.10. The first-order valence-electron chi connectivity index (χ1n) is 7.30. The topological polar surface area (TPSA) is 64.1 Å². The number of hydrogen-bond donors (Lipinski definition) is 2. The molecule has 1 atom stereocenters. The Labute approximate surface area is 157 Å². The summed E-state index contributed by atoms with van der Waals surface area (Å²) in [6.45, 7) is 2.46. The molecule has 0 unspecified atom stereocenters. The Balaban J connectivity index is 1.95. The number of anilines is 1. The van der Waals surface area contributed by atoms with Crippen LogP contribution in [0.3, 0.4) is 0 Å². The quantitative estimate of drug-likeness (QED) is 0.456. The van der Waals surface area contributed by atoms with Gasteiger partial charge in [0.25, 0.3) is 0 Å². The van der Waals surface area contributed by atoms with E-state index in [1.54, 1.807) is 24.3 Å². The summed E-state index contributed by atoms with van der Waals surface area (Å²) in [5.74, 6) is 6.46. The number of thiophene rings is 1. The largest absolute Gasteiger partial charge is 0.456 e. The van der Waals surface area contributed by atoms with E-state index in [0.717, 1.165) is 10.2 Å². The lowest BCUT2D eigenvalue weighted by atomic mass is 10.2. The Hall–Kier alpha value is -1.52. The SMILES string of the molecule is CC#C[C@H](N)Cc1oc2c(NCc3cccs3)cc(Cl)nc2c1Br. The van der Waals surface area contributed by atoms with Crippen molar-refractivity contribution in [2.75, 3.05) is 5.32 Å². The van der Waals surface area contributed by atoms with Crippen molar-refractivity contribution in [2.24, 2.45) is 5.73 Å². The summed E-state index contributed by atoms with van der Waals surface area (Å²) in [5.41, 5.74) is 8.13. The maximum Gasteiger partial charge on any atom is 0.177 e. The van der Waals surface area contributed by atoms with Crippen molar-refractivity contribution in [3.05, 3.63) is 43.8 Å². The first kappa shape index (κ1) is 17.3. The Morgan fingerprint density at radius 3 is 3.08 bits per heavy atom. The lowest BCUT2D eigenvalue weighted by Gasteiger charge is -2.06. The van der Waals surface area contributed by atoms with Gasteiger partial charge < -0.3 is 15.5 Å². The van der Waals surface area contributed by atoms with E-state index in [9.17, 15) is 0 Å². The van der Waals surface area contributed by atoms with E-state index in [1.165, 1.54) is 4.88 Å². The third-order valence-corrected chi connectivity index (χ3v) is 5.28. The third kappa shape index (κ3) is 3.76. The summed E-state index contributed by atoms with van der Waals surface area (Å²) >= 11 is 11.4. The van der Waals surface area contributed by atoms with Crippen molar-refractivity contribution in [1.29, 1.82) is 0 Å². The molecule has 0 radical (unpaired) electrons. The fourth-order valence-corrected chi connectivity index (χ4v) is 3.70. The molecular weight excluding hydrogens is 410 g/mol. The number of rotatable bonds is 5. The minimum atomic E-state index is -0.287. The zero-order chi connectivity index (χ0) is 17.1. The van der Waals surface area contributed by atoms with Crippen LogP contribution in [0.4, 0.5) is 5.69 Å². The number of nitrogens with zero attached hydrogens (tertiary/aromatic N) is 1. The second-order valence-corrected chi connectivity index (χ2v) is 7.36. The molecule has 4 nitrogen and oxygen atoms in total. The van der Waals surface area contributed by atoms with Crippen LogP contribution in [0.25, 0.3) is 11.1 Å². The Morgan fingerprint density at radius 1 is 1.54 bits per heavy atom. The Kier molecular flexibility index (Phi) is 5.47. The van der Waals surface area contributed by atoms with Gasteiger partial charge in [0, 0.05) is 23.9 Å². The number of furan rings is 1. The molecule has 0 amide bonds. The van der Waals surface area contributed by atoms with Gasteiger partial charge in [-0.15, -0.1) is 17.3 Å². The van der Waals surface area contributed by atoms with Gasteiger partial charge in [0.2, 0.25) is 0 Å². The van der Waals surface area contributed by atoms with Gasteiger partial charge in [0.15, 0.2) is 5.58 Å². The van der Waals surface area contributed by atoms with Gasteiger partial charge >= 0.3 is 0 Å². The van der Waals surface area contributed by atoms with E-state index in [2.05, 4.69) is 44.1 Å². The van der Waals surface area contributed by atoms with E-state index < -0.39 is 0 Å². The van der Waals surface area contributed by atoms with Crippen molar-refractivity contribution < 1.29 is 4.42 Å². The van der Waals surface area contributed by atoms with E-state index in [4.69, 9.17) is 21.8 Å². The first-order valence-corrected chi connectivity index (χ1v) is 9.35. The van der Waals surface area contributed by atoms with Crippen LogP contribution >= 0.6 is 38.9 Å². The number of aromatic nitrogens is 1. The van der Waals surface area contributed by atoms with Crippen LogP contribution in [0.15, 0.2) is 32.5 Å². The Morgan fingerprint density at radius 2 is 2.38 bits per heavy atom. The number of pyridine rings is 1. The molecule has 3 aromatic rings. The zero-order valence-electron chi connectivity index (χ0n) is 12.9. The average molecular weight is 425 g/mol. The molecule has 0 saturated heterocycles. The van der Waals surface area contributed by atoms with Crippen LogP contribution in [-0.2, 0) is 13.0 Å². The summed E-state index contributed by atoms with van der Waals surface area (Å²) < 4.78 is 6.77. The molecule has 0 aliphatic carbocycles. The molecule has 0 aliphatic heterocycles. The highest BCUT2D eigenvalue weighted by Crippen LogP contribution is 2.36. The normalized spacial score (nSPS) is 12.0. The average Bonchev–Trinajstić information content (AvgIpc) is 3.15. The van der Waals surface area contributed by atoms with Crippen molar-refractivity contribution in [3.8, 4) is 11.8 Å². The van der Waals surface area contributed by atoms with Crippen LogP contribution in [0, 0.1) is 11.8 Å². The summed E-state index contributed by atoms with van der Waals surface area (Å²) in [4.78, 5) is 5.59. The molecule has 0 spiro atoms. The van der Waals surface area contributed by atoms with Crippen molar-refractivity contribution in [2.45, 2.75) is 25.9 Å². The third-order valence-electron chi connectivity index (χ3n) is 3.39. The van der Waals surface area contributed by atoms with Crippen LogP contribution in [0.2, 0.25) is 5.15 Å². The minimum Gasteiger partial charge on any atom is -0.456 e. The predicted molar refractivity (Wildman–Crippen MR) is 103 cm³/mol. The molecule has 0 aromatic carbocycles. The molecule has 3 heterocycles. The maximum absolute atomic E-state index is 6.16. The van der Waals surface area contributed by atoms with Crippen LogP contribution in [-0.4, -0.2) is 11.0 Å². The molecule has 0 saturated carbocycles. The predicted octanol–water partition coefficient (Wildman–Crippen LogP) is 4.81. The minimum absolute atomic E-state index is 0.287. The fourth-order valence-electron chi connectivity index (χ4n) is 2.35. The van der Waals surface area contributed by atoms with Crippen molar-refractivity contribution in [3.63, 3.8) is 0 Å². The highest BCUT2D eigenvalue weighted by atomic mass is 79.9. The lowest BCUT2D eigenvalue weighted by Crippen LogP contribution is -2.20. The van der Waals surface area contributed by atoms with Gasteiger partial charge in [0.1, 0.15) is 16.4 Å². The summed E-state index contributed by atoms with van der Waals surface area (Å²) in [7, 11) is 0. The summed E-state index contributed by atoms with van der Waals surface area (Å²) in [6, 6.07) is 5.58. The van der Waals surface area contributed by atoms with E-state index in [0.29, 0.717) is 35.0 Å². The molecule has 0 aliphatic rings. The maximum atomic E-state index is 6.16. The van der Waals surface area contributed by atoms with Gasteiger partial charge in [-0.2, -0.15) is 0 Å². The first-order chi connectivity index (χ1) is 11.6. The van der Waals surface area contributed by atoms with E-state index >= 15 is 0 Å². The smallest absolute Gasteiger partial charge is 0.177 e. The molecule has 0 bridgehead atoms. The molecule has 3 N–H and O–H groups in total. The molecule has 24 heavy (non-hydrogen) atoms. The molecule has 3 aromatic heterocycles. The van der Waals surface area contributed by atoms with Crippen molar-refractivity contribution >= 4 is 55.7 Å². The standard InChI is InChI=1S/C17H15BrClN3OS/c1-2-4-10(20)7-13-15(18)16-17(23-13)12(8-14(19)22-16)21-9-11-5-3-6-24-11/h3,5-6,8,10H,7,9,20H2,1H3,(H,21,22)/t10-/m0/s1.